The molecule has 0 N–H and O–H groups in total. The minimum atomic E-state index is -0.315. The van der Waals surface area contributed by atoms with Gasteiger partial charge < -0.3 is 8.83 Å². The highest BCUT2D eigenvalue weighted by molar-refractivity contribution is 7.98. The third-order valence-corrected chi connectivity index (χ3v) is 5.55. The number of benzene rings is 1. The van der Waals surface area contributed by atoms with Crippen LogP contribution in [0.2, 0.25) is 0 Å². The minimum Gasteiger partial charge on any atom is -0.467 e. The molecule has 0 unspecified atom stereocenters. The number of aromatic nitrogens is 4. The zero-order valence-corrected chi connectivity index (χ0v) is 15.7. The van der Waals surface area contributed by atoms with Crippen LogP contribution in [0.25, 0.3) is 11.5 Å². The molecular weight excluding hydrogens is 379 g/mol. The Bertz CT molecular complexity index is 1090. The largest absolute Gasteiger partial charge is 0.467 e. The van der Waals surface area contributed by atoms with E-state index in [9.17, 15) is 4.39 Å². The molecule has 0 bridgehead atoms. The molecule has 142 valence electrons. The third kappa shape index (κ3) is 3.60. The molecule has 5 rings (SSSR count). The van der Waals surface area contributed by atoms with Crippen molar-refractivity contribution in [2.24, 2.45) is 0 Å². The minimum absolute atomic E-state index is 0.315. The molecule has 6 nitrogen and oxygen atoms in total. The number of halogens is 1. The summed E-state index contributed by atoms with van der Waals surface area (Å²) in [5, 5.41) is 9.60. The van der Waals surface area contributed by atoms with Gasteiger partial charge in [-0.2, -0.15) is 0 Å². The number of hydrogen-bond donors (Lipinski definition) is 0. The van der Waals surface area contributed by atoms with Gasteiger partial charge in [-0.15, -0.1) is 10.2 Å². The lowest BCUT2D eigenvalue weighted by molar-refractivity contribution is 0.478. The third-order valence-electron chi connectivity index (χ3n) is 4.55. The number of rotatable bonds is 7. The van der Waals surface area contributed by atoms with E-state index < -0.39 is 0 Å². The van der Waals surface area contributed by atoms with Crippen LogP contribution in [0.5, 0.6) is 0 Å². The summed E-state index contributed by atoms with van der Waals surface area (Å²) in [5.41, 5.74) is 1.39. The number of oxazole rings is 1. The van der Waals surface area contributed by atoms with Crippen LogP contribution in [-0.2, 0) is 12.3 Å². The van der Waals surface area contributed by atoms with Gasteiger partial charge in [0.1, 0.15) is 23.7 Å². The van der Waals surface area contributed by atoms with E-state index in [4.69, 9.17) is 8.83 Å². The topological polar surface area (TPSA) is 69.9 Å². The standard InChI is InChI=1S/C20H17FN4O2S/c21-15-4-1-3-14(9-15)19-22-16(11-27-19)12-28-20-24-23-18(13-6-7-13)25(20)10-17-5-2-8-26-17/h1-5,8-9,11,13H,6-7,10,12H2. The van der Waals surface area contributed by atoms with Crippen molar-refractivity contribution in [3.8, 4) is 11.5 Å². The molecule has 0 saturated heterocycles. The Morgan fingerprint density at radius 2 is 2.07 bits per heavy atom. The lowest BCUT2D eigenvalue weighted by Crippen LogP contribution is -2.05. The normalized spacial score (nSPS) is 13.9. The first kappa shape index (κ1) is 17.2. The Labute approximate surface area is 164 Å². The van der Waals surface area contributed by atoms with Crippen molar-refractivity contribution in [1.82, 2.24) is 19.7 Å². The van der Waals surface area contributed by atoms with Gasteiger partial charge in [0.2, 0.25) is 5.89 Å². The van der Waals surface area contributed by atoms with Crippen LogP contribution in [0.3, 0.4) is 0 Å². The quantitative estimate of drug-likeness (QED) is 0.415. The zero-order valence-electron chi connectivity index (χ0n) is 14.9. The molecular formula is C20H17FN4O2S. The van der Waals surface area contributed by atoms with E-state index >= 15 is 0 Å². The van der Waals surface area contributed by atoms with Crippen molar-refractivity contribution in [3.63, 3.8) is 0 Å². The highest BCUT2D eigenvalue weighted by Gasteiger charge is 2.30. The molecule has 4 aromatic rings. The molecule has 1 aromatic carbocycles. The molecule has 0 atom stereocenters. The predicted molar refractivity (Wildman–Crippen MR) is 101 cm³/mol. The predicted octanol–water partition coefficient (Wildman–Crippen LogP) is 4.88. The Morgan fingerprint density at radius 3 is 2.86 bits per heavy atom. The first-order valence-corrected chi connectivity index (χ1v) is 10.0. The van der Waals surface area contributed by atoms with Crippen LogP contribution in [-0.4, -0.2) is 19.7 Å². The fourth-order valence-electron chi connectivity index (χ4n) is 3.02. The Morgan fingerprint density at radius 1 is 1.14 bits per heavy atom. The molecule has 0 aliphatic heterocycles. The van der Waals surface area contributed by atoms with E-state index in [-0.39, 0.29) is 5.82 Å². The Balaban J connectivity index is 1.33. The van der Waals surface area contributed by atoms with Crippen LogP contribution >= 0.6 is 11.8 Å². The van der Waals surface area contributed by atoms with Crippen molar-refractivity contribution in [2.75, 3.05) is 0 Å². The lowest BCUT2D eigenvalue weighted by atomic mass is 10.2. The van der Waals surface area contributed by atoms with Gasteiger partial charge in [-0.3, -0.25) is 4.57 Å². The van der Waals surface area contributed by atoms with Crippen molar-refractivity contribution in [3.05, 3.63) is 72.0 Å². The first-order valence-electron chi connectivity index (χ1n) is 9.05. The van der Waals surface area contributed by atoms with Gasteiger partial charge >= 0.3 is 0 Å². The van der Waals surface area contributed by atoms with Gasteiger partial charge in [0, 0.05) is 17.2 Å². The maximum Gasteiger partial charge on any atom is 0.226 e. The molecule has 3 aromatic heterocycles. The Kier molecular flexibility index (Phi) is 4.48. The molecule has 1 fully saturated rings. The van der Waals surface area contributed by atoms with Gasteiger partial charge in [-0.25, -0.2) is 9.37 Å². The van der Waals surface area contributed by atoms with Crippen molar-refractivity contribution in [2.45, 2.75) is 36.2 Å². The molecule has 1 aliphatic carbocycles. The monoisotopic (exact) mass is 396 g/mol. The second-order valence-electron chi connectivity index (χ2n) is 6.72. The summed E-state index contributed by atoms with van der Waals surface area (Å²) in [6.07, 6.45) is 5.58. The number of furan rings is 1. The lowest BCUT2D eigenvalue weighted by Gasteiger charge is -2.07. The summed E-state index contributed by atoms with van der Waals surface area (Å²) in [6, 6.07) is 10.0. The summed E-state index contributed by atoms with van der Waals surface area (Å²) in [5.74, 6) is 3.05. The fourth-order valence-corrected chi connectivity index (χ4v) is 3.85. The fraction of sp³-hybridized carbons (Fsp3) is 0.250. The molecule has 0 radical (unpaired) electrons. The van der Waals surface area contributed by atoms with Crippen LogP contribution in [0.15, 0.2) is 62.9 Å². The van der Waals surface area contributed by atoms with Gasteiger partial charge in [0.05, 0.1) is 18.5 Å². The van der Waals surface area contributed by atoms with E-state index in [1.54, 1.807) is 36.4 Å². The summed E-state index contributed by atoms with van der Waals surface area (Å²) >= 11 is 1.55. The van der Waals surface area contributed by atoms with E-state index in [1.807, 2.05) is 12.1 Å². The smallest absolute Gasteiger partial charge is 0.226 e. The summed E-state index contributed by atoms with van der Waals surface area (Å²) in [6.45, 7) is 0.613. The summed E-state index contributed by atoms with van der Waals surface area (Å²) < 4.78 is 26.5. The van der Waals surface area contributed by atoms with Crippen LogP contribution < -0.4 is 0 Å². The SMILES string of the molecule is Fc1cccc(-c2nc(CSc3nnc(C4CC4)n3Cc3ccco3)co2)c1. The highest BCUT2D eigenvalue weighted by atomic mass is 32.2. The summed E-state index contributed by atoms with van der Waals surface area (Å²) in [7, 11) is 0. The number of nitrogens with zero attached hydrogens (tertiary/aromatic N) is 4. The Hall–Kier alpha value is -2.87. The van der Waals surface area contributed by atoms with E-state index in [0.29, 0.717) is 29.7 Å². The van der Waals surface area contributed by atoms with E-state index in [2.05, 4.69) is 19.7 Å². The molecule has 0 amide bonds. The number of thioether (sulfide) groups is 1. The highest BCUT2D eigenvalue weighted by Crippen LogP contribution is 2.40. The summed E-state index contributed by atoms with van der Waals surface area (Å²) in [4.78, 5) is 4.47. The average molecular weight is 396 g/mol. The average Bonchev–Trinajstić information content (AvgIpc) is 3.10. The van der Waals surface area contributed by atoms with Gasteiger partial charge in [0.15, 0.2) is 5.16 Å². The van der Waals surface area contributed by atoms with Crippen LogP contribution in [0.1, 0.15) is 36.0 Å². The van der Waals surface area contributed by atoms with E-state index in [0.717, 1.165) is 35.3 Å². The maximum absolute atomic E-state index is 13.4. The second-order valence-corrected chi connectivity index (χ2v) is 7.67. The van der Waals surface area contributed by atoms with Gasteiger partial charge in [-0.1, -0.05) is 17.8 Å². The van der Waals surface area contributed by atoms with Crippen LogP contribution in [0, 0.1) is 5.82 Å². The van der Waals surface area contributed by atoms with Gasteiger partial charge in [-0.05, 0) is 43.2 Å². The van der Waals surface area contributed by atoms with Gasteiger partial charge in [0.25, 0.3) is 0 Å². The molecule has 1 saturated carbocycles. The van der Waals surface area contributed by atoms with Crippen molar-refractivity contribution >= 4 is 11.8 Å². The first-order chi connectivity index (χ1) is 13.8. The molecule has 3 heterocycles. The van der Waals surface area contributed by atoms with Crippen molar-refractivity contribution < 1.29 is 13.2 Å². The van der Waals surface area contributed by atoms with Crippen molar-refractivity contribution in [1.29, 1.82) is 0 Å². The molecule has 0 spiro atoms. The zero-order chi connectivity index (χ0) is 18.9. The second kappa shape index (κ2) is 7.27. The maximum atomic E-state index is 13.4. The molecule has 28 heavy (non-hydrogen) atoms. The van der Waals surface area contributed by atoms with Crippen LogP contribution in [0.4, 0.5) is 4.39 Å². The molecule has 8 heteroatoms. The van der Waals surface area contributed by atoms with E-state index in [1.165, 1.54) is 12.1 Å². The molecule has 1 aliphatic rings. The number of hydrogen-bond acceptors (Lipinski definition) is 6.